The normalized spacial score (nSPS) is 18.5. The van der Waals surface area contributed by atoms with Gasteiger partial charge in [0.05, 0.1) is 12.3 Å². The molecule has 0 saturated heterocycles. The Bertz CT molecular complexity index is 617. The molecule has 0 aliphatic heterocycles. The molecule has 0 heterocycles. The zero-order valence-corrected chi connectivity index (χ0v) is 15.2. The van der Waals surface area contributed by atoms with Gasteiger partial charge in [-0.3, -0.25) is 4.57 Å². The lowest BCUT2D eigenvalue weighted by Gasteiger charge is -2.39. The van der Waals surface area contributed by atoms with Crippen molar-refractivity contribution < 1.29 is 71.1 Å². The van der Waals surface area contributed by atoms with Crippen LogP contribution in [0.15, 0.2) is 0 Å². The lowest BCUT2D eigenvalue weighted by Crippen LogP contribution is -2.70. The smallest absolute Gasteiger partial charge is 0.324 e. The Kier molecular flexibility index (Phi) is 7.85. The van der Waals surface area contributed by atoms with Crippen LogP contribution >= 0.6 is 7.60 Å². The second-order valence-electron chi connectivity index (χ2n) is 5.94. The molecule has 2 atom stereocenters. The van der Waals surface area contributed by atoms with Crippen LogP contribution in [0.3, 0.4) is 0 Å². The molecule has 1 N–H and O–H groups in total. The first-order chi connectivity index (χ1) is 12.4. The van der Waals surface area contributed by atoms with Crippen LogP contribution in [0.25, 0.3) is 0 Å². The number of hydrogen-bond donors (Lipinski definition) is 1. The van der Waals surface area contributed by atoms with Crippen LogP contribution in [-0.4, -0.2) is 52.9 Å². The van der Waals surface area contributed by atoms with E-state index in [4.69, 9.17) is 0 Å². The van der Waals surface area contributed by atoms with E-state index in [0.717, 1.165) is 6.92 Å². The van der Waals surface area contributed by atoms with Crippen molar-refractivity contribution in [3.63, 3.8) is 0 Å². The van der Waals surface area contributed by atoms with E-state index in [1.807, 2.05) is 0 Å². The Labute approximate surface area is 154 Å². The summed E-state index contributed by atoms with van der Waals surface area (Å²) in [4.78, 5) is 9.19. The highest BCUT2D eigenvalue weighted by Crippen LogP contribution is 2.61. The summed E-state index contributed by atoms with van der Waals surface area (Å²) in [5.74, 6) is -37.6. The van der Waals surface area contributed by atoms with E-state index in [0.29, 0.717) is 0 Å². The average molecular weight is 484 g/mol. The number of alkyl halides is 13. The van der Waals surface area contributed by atoms with Gasteiger partial charge in [-0.25, -0.2) is 0 Å². The molecule has 0 aromatic carbocycles. The fourth-order valence-corrected chi connectivity index (χ4v) is 3.03. The van der Waals surface area contributed by atoms with E-state index in [1.54, 1.807) is 0 Å². The van der Waals surface area contributed by atoms with E-state index in [-0.39, 0.29) is 6.42 Å². The van der Waals surface area contributed by atoms with Crippen molar-refractivity contribution in [3.05, 3.63) is 0 Å². The zero-order chi connectivity index (χ0) is 23.9. The molecule has 176 valence electrons. The number of rotatable bonds is 10. The molecule has 0 fully saturated rings. The highest BCUT2D eigenvalue weighted by molar-refractivity contribution is 7.52. The topological polar surface area (TPSA) is 46.5 Å². The Balaban J connectivity index is 5.91. The molecule has 0 amide bonds. The lowest BCUT2D eigenvalue weighted by molar-refractivity contribution is -0.439. The first-order valence-corrected chi connectivity index (χ1v) is 9.13. The predicted octanol–water partition coefficient (Wildman–Crippen LogP) is 6.12. The fraction of sp³-hybridized carbons (Fsp3) is 1.00. The van der Waals surface area contributed by atoms with Crippen molar-refractivity contribution in [2.45, 2.75) is 68.6 Å². The fourth-order valence-electron chi connectivity index (χ4n) is 1.65. The van der Waals surface area contributed by atoms with Gasteiger partial charge in [0, 0.05) is 6.42 Å². The van der Waals surface area contributed by atoms with Crippen molar-refractivity contribution in [1.82, 2.24) is 0 Å². The van der Waals surface area contributed by atoms with Crippen LogP contribution in [0, 0.1) is 0 Å². The summed E-state index contributed by atoms with van der Waals surface area (Å²) in [6, 6.07) is 0. The molecule has 0 aromatic rings. The maximum atomic E-state index is 13.5. The highest BCUT2D eigenvalue weighted by atomic mass is 31.2. The third-order valence-electron chi connectivity index (χ3n) is 3.63. The Morgan fingerprint density at radius 3 is 1.52 bits per heavy atom. The van der Waals surface area contributed by atoms with Gasteiger partial charge in [-0.15, -0.1) is 0 Å². The van der Waals surface area contributed by atoms with Crippen LogP contribution in [0.5, 0.6) is 0 Å². The summed E-state index contributed by atoms with van der Waals surface area (Å²) in [6.07, 6.45) is -13.4. The van der Waals surface area contributed by atoms with E-state index >= 15 is 0 Å². The van der Waals surface area contributed by atoms with Crippen LogP contribution < -0.4 is 0 Å². The standard InChI is InChI=1S/C12H14F13O3P/c1-3-6(2)28-29(26,27)5-4-7(13,14)8(15,16)9(17,18)10(19,20)11(21,22)12(23,24)25/h6H,3-5H2,1-2H3,(H,26,27). The molecule has 3 nitrogen and oxygen atoms in total. The Morgan fingerprint density at radius 2 is 1.17 bits per heavy atom. The maximum Gasteiger partial charge on any atom is 0.460 e. The third kappa shape index (κ3) is 5.12. The second kappa shape index (κ2) is 8.06. The average Bonchev–Trinajstić information content (AvgIpc) is 2.50. The van der Waals surface area contributed by atoms with Crippen molar-refractivity contribution in [3.8, 4) is 0 Å². The first-order valence-electron chi connectivity index (χ1n) is 7.37. The van der Waals surface area contributed by atoms with Gasteiger partial charge < -0.3 is 9.42 Å². The van der Waals surface area contributed by atoms with Gasteiger partial charge in [-0.1, -0.05) is 6.92 Å². The molecule has 0 radical (unpaired) electrons. The summed E-state index contributed by atoms with van der Waals surface area (Å²) in [7, 11) is -5.16. The zero-order valence-electron chi connectivity index (χ0n) is 14.3. The largest absolute Gasteiger partial charge is 0.460 e. The van der Waals surface area contributed by atoms with Gasteiger partial charge in [-0.2, -0.15) is 57.1 Å². The molecule has 0 saturated carbocycles. The highest BCUT2D eigenvalue weighted by Gasteiger charge is 2.90. The van der Waals surface area contributed by atoms with Crippen molar-refractivity contribution in [2.24, 2.45) is 0 Å². The van der Waals surface area contributed by atoms with E-state index in [9.17, 15) is 66.5 Å². The molecule has 29 heavy (non-hydrogen) atoms. The summed E-state index contributed by atoms with van der Waals surface area (Å²) in [6.45, 7) is 2.47. The molecule has 0 rings (SSSR count). The van der Waals surface area contributed by atoms with Gasteiger partial charge in [-0.05, 0) is 13.3 Å². The minimum absolute atomic E-state index is 0.00603. The molecular formula is C12H14F13O3P. The number of hydrogen-bond acceptors (Lipinski definition) is 2. The van der Waals surface area contributed by atoms with Gasteiger partial charge in [0.1, 0.15) is 0 Å². The summed E-state index contributed by atoms with van der Waals surface area (Å²) in [5, 5.41) is 0. The monoisotopic (exact) mass is 484 g/mol. The molecule has 17 heteroatoms. The van der Waals surface area contributed by atoms with Crippen LogP contribution in [0.4, 0.5) is 57.1 Å². The predicted molar refractivity (Wildman–Crippen MR) is 70.9 cm³/mol. The molecule has 2 unspecified atom stereocenters. The third-order valence-corrected chi connectivity index (χ3v) is 5.10. The van der Waals surface area contributed by atoms with Crippen molar-refractivity contribution in [2.75, 3.05) is 6.16 Å². The minimum atomic E-state index is -8.00. The van der Waals surface area contributed by atoms with Gasteiger partial charge in [0.15, 0.2) is 0 Å². The maximum absolute atomic E-state index is 13.5. The number of halogens is 13. The van der Waals surface area contributed by atoms with E-state index in [2.05, 4.69) is 4.52 Å². The van der Waals surface area contributed by atoms with Crippen LogP contribution in [0.1, 0.15) is 26.7 Å². The molecule has 0 aromatic heterocycles. The van der Waals surface area contributed by atoms with Gasteiger partial charge >= 0.3 is 43.4 Å². The van der Waals surface area contributed by atoms with Gasteiger partial charge in [0.25, 0.3) is 0 Å². The quantitative estimate of drug-likeness (QED) is 0.301. The van der Waals surface area contributed by atoms with Gasteiger partial charge in [0.2, 0.25) is 0 Å². The Hall–Kier alpha value is -0.760. The SMILES string of the molecule is CCC(C)OP(=O)(O)CCC(F)(F)C(F)(F)C(F)(F)C(F)(F)C(F)(F)C(F)(F)F. The first kappa shape index (κ1) is 28.2. The minimum Gasteiger partial charge on any atom is -0.324 e. The molecular weight excluding hydrogens is 470 g/mol. The van der Waals surface area contributed by atoms with Crippen molar-refractivity contribution >= 4 is 7.60 Å². The van der Waals surface area contributed by atoms with Crippen molar-refractivity contribution in [1.29, 1.82) is 0 Å². The lowest BCUT2D eigenvalue weighted by atomic mass is 9.93. The van der Waals surface area contributed by atoms with E-state index in [1.165, 1.54) is 6.92 Å². The molecule has 0 aliphatic rings. The van der Waals surface area contributed by atoms with Crippen LogP contribution in [0.2, 0.25) is 0 Å². The molecule has 0 bridgehead atoms. The summed E-state index contributed by atoms with van der Waals surface area (Å²) >= 11 is 0. The summed E-state index contributed by atoms with van der Waals surface area (Å²) < 4.78 is 183. The van der Waals surface area contributed by atoms with Crippen LogP contribution in [-0.2, 0) is 9.09 Å². The molecule has 0 aliphatic carbocycles. The molecule has 0 spiro atoms. The Morgan fingerprint density at radius 1 is 0.793 bits per heavy atom. The van der Waals surface area contributed by atoms with E-state index < -0.39 is 62.1 Å². The summed E-state index contributed by atoms with van der Waals surface area (Å²) in [5.41, 5.74) is 0. The second-order valence-corrected chi connectivity index (χ2v) is 7.87.